The van der Waals surface area contributed by atoms with Gasteiger partial charge in [0.25, 0.3) is 0 Å². The van der Waals surface area contributed by atoms with Gasteiger partial charge in [0.15, 0.2) is 0 Å². The molecule has 0 saturated heterocycles. The molecule has 0 atom stereocenters. The number of para-hydroxylation sites is 2. The van der Waals surface area contributed by atoms with Gasteiger partial charge in [-0.25, -0.2) is 0 Å². The smallest absolute Gasteiger partial charge is 0.0590 e. The standard InChI is InChI=1S/2C18H13NS/c2*1-2-7-13(8-3-1)19-16-11-6-10-15-14-9-4-5-12-17(14)20-18(15)16/h2*1-12,19H. The summed E-state index contributed by atoms with van der Waals surface area (Å²) in [6, 6.07) is 50.7. The first-order chi connectivity index (χ1) is 19.8. The minimum atomic E-state index is 1.12. The Labute approximate surface area is 241 Å². The summed E-state index contributed by atoms with van der Waals surface area (Å²) >= 11 is 3.69. The van der Waals surface area contributed by atoms with Crippen molar-refractivity contribution >= 4 is 85.8 Å². The summed E-state index contributed by atoms with van der Waals surface area (Å²) in [5.41, 5.74) is 4.60. The molecule has 0 aliphatic heterocycles. The molecule has 2 N–H and O–H groups in total. The molecule has 6 aromatic carbocycles. The first-order valence-electron chi connectivity index (χ1n) is 13.3. The van der Waals surface area contributed by atoms with Crippen LogP contribution in [0.15, 0.2) is 146 Å². The Morgan fingerprint density at radius 3 is 1.15 bits per heavy atom. The Kier molecular flexibility index (Phi) is 6.62. The van der Waals surface area contributed by atoms with Crippen LogP contribution in [0.3, 0.4) is 0 Å². The molecule has 0 aliphatic rings. The second-order valence-electron chi connectivity index (χ2n) is 9.54. The van der Waals surface area contributed by atoms with Crippen molar-refractivity contribution in [3.05, 3.63) is 146 Å². The third-order valence-corrected chi connectivity index (χ3v) is 9.35. The monoisotopic (exact) mass is 550 g/mol. The molecule has 0 bridgehead atoms. The Hall–Kier alpha value is -4.64. The lowest BCUT2D eigenvalue weighted by Gasteiger charge is -2.07. The molecule has 2 aromatic heterocycles. The van der Waals surface area contributed by atoms with Crippen molar-refractivity contribution in [1.82, 2.24) is 0 Å². The van der Waals surface area contributed by atoms with Crippen LogP contribution < -0.4 is 10.6 Å². The molecule has 0 aliphatic carbocycles. The molecule has 192 valence electrons. The molecule has 0 amide bonds. The molecule has 0 fully saturated rings. The molecular weight excluding hydrogens is 525 g/mol. The molecule has 0 unspecified atom stereocenters. The topological polar surface area (TPSA) is 24.1 Å². The van der Waals surface area contributed by atoms with Gasteiger partial charge in [0.05, 0.1) is 20.8 Å². The van der Waals surface area contributed by atoms with Crippen LogP contribution >= 0.6 is 22.7 Å². The maximum Gasteiger partial charge on any atom is 0.0590 e. The number of fused-ring (bicyclic) bond motifs is 6. The summed E-state index contributed by atoms with van der Waals surface area (Å²) in [7, 11) is 0. The molecular formula is C36H26N2S2. The van der Waals surface area contributed by atoms with E-state index >= 15 is 0 Å². The zero-order valence-corrected chi connectivity index (χ0v) is 23.3. The van der Waals surface area contributed by atoms with E-state index in [-0.39, 0.29) is 0 Å². The SMILES string of the molecule is c1ccc(Nc2cccc3c2sc2ccccc23)cc1.c1ccc(Nc2cccc3c2sc2ccccc23)cc1. The minimum absolute atomic E-state index is 1.12. The van der Waals surface area contributed by atoms with Gasteiger partial charge in [-0.05, 0) is 48.5 Å². The van der Waals surface area contributed by atoms with Crippen LogP contribution in [0.2, 0.25) is 0 Å². The zero-order chi connectivity index (χ0) is 26.7. The fourth-order valence-electron chi connectivity index (χ4n) is 5.05. The maximum atomic E-state index is 3.52. The van der Waals surface area contributed by atoms with Gasteiger partial charge in [0.2, 0.25) is 0 Å². The Balaban J connectivity index is 0.000000132. The number of benzene rings is 6. The van der Waals surface area contributed by atoms with E-state index in [1.807, 2.05) is 59.1 Å². The van der Waals surface area contributed by atoms with E-state index in [4.69, 9.17) is 0 Å². The summed E-state index contributed by atoms with van der Waals surface area (Å²) in [6.07, 6.45) is 0. The van der Waals surface area contributed by atoms with Gasteiger partial charge >= 0.3 is 0 Å². The summed E-state index contributed by atoms with van der Waals surface area (Å²) in [4.78, 5) is 0. The highest BCUT2D eigenvalue weighted by molar-refractivity contribution is 7.26. The highest BCUT2D eigenvalue weighted by Gasteiger charge is 2.09. The van der Waals surface area contributed by atoms with Crippen molar-refractivity contribution in [2.45, 2.75) is 0 Å². The van der Waals surface area contributed by atoms with Crippen molar-refractivity contribution in [2.75, 3.05) is 10.6 Å². The van der Waals surface area contributed by atoms with Crippen LogP contribution in [0.25, 0.3) is 40.3 Å². The highest BCUT2D eigenvalue weighted by atomic mass is 32.1. The van der Waals surface area contributed by atoms with Crippen LogP contribution in [0.5, 0.6) is 0 Å². The Morgan fingerprint density at radius 1 is 0.325 bits per heavy atom. The normalized spacial score (nSPS) is 11.0. The Morgan fingerprint density at radius 2 is 0.700 bits per heavy atom. The average Bonchev–Trinajstić information content (AvgIpc) is 3.59. The zero-order valence-electron chi connectivity index (χ0n) is 21.7. The van der Waals surface area contributed by atoms with Crippen LogP contribution in [0, 0.1) is 0 Å². The fourth-order valence-corrected chi connectivity index (χ4v) is 7.39. The minimum Gasteiger partial charge on any atom is -0.354 e. The predicted molar refractivity (Wildman–Crippen MR) is 178 cm³/mol. The third-order valence-electron chi connectivity index (χ3n) is 6.91. The maximum absolute atomic E-state index is 3.52. The van der Waals surface area contributed by atoms with Crippen molar-refractivity contribution in [2.24, 2.45) is 0 Å². The highest BCUT2D eigenvalue weighted by Crippen LogP contribution is 2.40. The van der Waals surface area contributed by atoms with E-state index in [2.05, 4.69) is 120 Å². The van der Waals surface area contributed by atoms with Gasteiger partial charge in [-0.3, -0.25) is 0 Å². The van der Waals surface area contributed by atoms with E-state index in [1.54, 1.807) is 0 Å². The van der Waals surface area contributed by atoms with Crippen LogP contribution in [0.1, 0.15) is 0 Å². The van der Waals surface area contributed by atoms with Crippen LogP contribution in [-0.2, 0) is 0 Å². The predicted octanol–water partition coefficient (Wildman–Crippen LogP) is 11.6. The lowest BCUT2D eigenvalue weighted by atomic mass is 10.1. The van der Waals surface area contributed by atoms with E-state index in [1.165, 1.54) is 51.7 Å². The number of hydrogen-bond donors (Lipinski definition) is 2. The van der Waals surface area contributed by atoms with Gasteiger partial charge in [-0.2, -0.15) is 0 Å². The molecule has 2 nitrogen and oxygen atoms in total. The molecule has 2 heterocycles. The number of hydrogen-bond acceptors (Lipinski definition) is 4. The summed E-state index contributed by atoms with van der Waals surface area (Å²) in [5.74, 6) is 0. The van der Waals surface area contributed by atoms with Gasteiger partial charge in [0, 0.05) is 42.3 Å². The van der Waals surface area contributed by atoms with Crippen LogP contribution in [-0.4, -0.2) is 0 Å². The third kappa shape index (κ3) is 4.79. The van der Waals surface area contributed by atoms with Crippen molar-refractivity contribution < 1.29 is 0 Å². The van der Waals surface area contributed by atoms with Gasteiger partial charge in [-0.1, -0.05) is 97.1 Å². The molecule has 0 saturated carbocycles. The molecule has 0 radical (unpaired) electrons. The Bertz CT molecular complexity index is 1910. The van der Waals surface area contributed by atoms with Gasteiger partial charge < -0.3 is 10.6 Å². The van der Waals surface area contributed by atoms with E-state index in [9.17, 15) is 0 Å². The largest absolute Gasteiger partial charge is 0.354 e. The van der Waals surface area contributed by atoms with Crippen molar-refractivity contribution in [1.29, 1.82) is 0 Å². The second-order valence-corrected chi connectivity index (χ2v) is 11.6. The van der Waals surface area contributed by atoms with Crippen LogP contribution in [0.4, 0.5) is 22.7 Å². The number of rotatable bonds is 4. The van der Waals surface area contributed by atoms with E-state index < -0.39 is 0 Å². The summed E-state index contributed by atoms with van der Waals surface area (Å²) in [5, 5.41) is 12.4. The number of nitrogens with one attached hydrogen (secondary N) is 2. The van der Waals surface area contributed by atoms with E-state index in [0.29, 0.717) is 0 Å². The fraction of sp³-hybridized carbons (Fsp3) is 0. The van der Waals surface area contributed by atoms with Crippen molar-refractivity contribution in [3.8, 4) is 0 Å². The molecule has 8 aromatic rings. The molecule has 40 heavy (non-hydrogen) atoms. The summed E-state index contributed by atoms with van der Waals surface area (Å²) < 4.78 is 5.31. The van der Waals surface area contributed by atoms with Gasteiger partial charge in [0.1, 0.15) is 0 Å². The first-order valence-corrected chi connectivity index (χ1v) is 14.9. The lowest BCUT2D eigenvalue weighted by molar-refractivity contribution is 1.59. The number of anilines is 4. The number of thiophene rings is 2. The molecule has 4 heteroatoms. The lowest BCUT2D eigenvalue weighted by Crippen LogP contribution is -1.89. The first kappa shape index (κ1) is 24.4. The summed E-state index contributed by atoms with van der Waals surface area (Å²) in [6.45, 7) is 0. The van der Waals surface area contributed by atoms with Crippen molar-refractivity contribution in [3.63, 3.8) is 0 Å². The van der Waals surface area contributed by atoms with E-state index in [0.717, 1.165) is 11.4 Å². The average molecular weight is 551 g/mol. The second kappa shape index (κ2) is 10.9. The van der Waals surface area contributed by atoms with Gasteiger partial charge in [-0.15, -0.1) is 22.7 Å². The molecule has 0 spiro atoms. The molecule has 8 rings (SSSR count). The quantitative estimate of drug-likeness (QED) is 0.228.